The van der Waals surface area contributed by atoms with Crippen molar-refractivity contribution in [1.82, 2.24) is 5.32 Å². The van der Waals surface area contributed by atoms with Crippen LogP contribution in [0.15, 0.2) is 54.6 Å². The van der Waals surface area contributed by atoms with Crippen LogP contribution < -0.4 is 10.2 Å². The Morgan fingerprint density at radius 3 is 2.71 bits per heavy atom. The Labute approximate surface area is 144 Å². The van der Waals surface area contributed by atoms with Gasteiger partial charge in [0.15, 0.2) is 6.54 Å². The smallest absolute Gasteiger partial charge is 0.275 e. The van der Waals surface area contributed by atoms with Gasteiger partial charge >= 0.3 is 0 Å². The average Bonchev–Trinajstić information content (AvgIpc) is 2.62. The summed E-state index contributed by atoms with van der Waals surface area (Å²) in [5.41, 5.74) is 4.15. The van der Waals surface area contributed by atoms with E-state index in [-0.39, 0.29) is 5.91 Å². The molecule has 1 aliphatic rings. The first kappa shape index (κ1) is 16.7. The predicted molar refractivity (Wildman–Crippen MR) is 97.0 cm³/mol. The first-order valence-corrected chi connectivity index (χ1v) is 8.95. The number of aryl methyl sites for hydroxylation is 1. The van der Waals surface area contributed by atoms with Gasteiger partial charge in [-0.25, -0.2) is 0 Å². The number of likely N-dealkylation sites (N-methyl/N-ethyl adjacent to an activating group) is 1. The number of carbonyl (C=O) groups is 1. The Morgan fingerprint density at radius 1 is 1.12 bits per heavy atom. The van der Waals surface area contributed by atoms with Crippen LogP contribution in [0.3, 0.4) is 0 Å². The molecule has 2 aromatic carbocycles. The standard InChI is InChI=1S/C21H26N2O/c1-23(20-13-7-11-18-10-5-6-12-19(18)20)16-21(24)22-15-14-17-8-3-2-4-9-17/h2-6,8-10,12,20H,7,11,13-16H2,1H3,(H,22,24)/p+1/t20-/m1/s1. The van der Waals surface area contributed by atoms with Gasteiger partial charge in [0, 0.05) is 18.5 Å². The normalized spacial score (nSPS) is 17.8. The second-order valence-corrected chi connectivity index (χ2v) is 6.75. The molecule has 2 aromatic rings. The van der Waals surface area contributed by atoms with Gasteiger partial charge in [0.25, 0.3) is 5.91 Å². The van der Waals surface area contributed by atoms with Gasteiger partial charge in [0.2, 0.25) is 0 Å². The van der Waals surface area contributed by atoms with E-state index in [2.05, 4.69) is 48.8 Å². The van der Waals surface area contributed by atoms with E-state index in [0.717, 1.165) is 6.42 Å². The zero-order valence-electron chi connectivity index (χ0n) is 14.4. The van der Waals surface area contributed by atoms with E-state index in [1.807, 2.05) is 18.2 Å². The van der Waals surface area contributed by atoms with Gasteiger partial charge in [-0.05, 0) is 30.4 Å². The third-order valence-electron chi connectivity index (χ3n) is 4.98. The van der Waals surface area contributed by atoms with Crippen molar-refractivity contribution in [2.45, 2.75) is 31.7 Å². The SMILES string of the molecule is C[NH+](CC(=O)NCCc1ccccc1)[C@@H]1CCCc2ccccc21. The van der Waals surface area contributed by atoms with E-state index in [9.17, 15) is 4.79 Å². The second-order valence-electron chi connectivity index (χ2n) is 6.75. The van der Waals surface area contributed by atoms with Gasteiger partial charge in [-0.15, -0.1) is 0 Å². The van der Waals surface area contributed by atoms with E-state index >= 15 is 0 Å². The molecule has 126 valence electrons. The maximum atomic E-state index is 12.3. The molecule has 0 bridgehead atoms. The fourth-order valence-electron chi connectivity index (χ4n) is 3.70. The molecule has 1 aliphatic carbocycles. The lowest BCUT2D eigenvalue weighted by Crippen LogP contribution is -3.10. The minimum atomic E-state index is 0.145. The van der Waals surface area contributed by atoms with E-state index in [4.69, 9.17) is 0 Å². The largest absolute Gasteiger partial charge is 0.351 e. The number of hydrogen-bond donors (Lipinski definition) is 2. The molecule has 3 nitrogen and oxygen atoms in total. The van der Waals surface area contributed by atoms with Crippen LogP contribution in [-0.2, 0) is 17.6 Å². The number of nitrogens with one attached hydrogen (secondary N) is 2. The van der Waals surface area contributed by atoms with Gasteiger partial charge in [0.05, 0.1) is 7.05 Å². The number of fused-ring (bicyclic) bond motifs is 1. The van der Waals surface area contributed by atoms with Gasteiger partial charge in [0.1, 0.15) is 6.04 Å². The summed E-state index contributed by atoms with van der Waals surface area (Å²) in [6.45, 7) is 1.24. The zero-order chi connectivity index (χ0) is 16.8. The fraction of sp³-hybridized carbons (Fsp3) is 0.381. The molecule has 1 unspecified atom stereocenters. The van der Waals surface area contributed by atoms with Crippen LogP contribution in [0.4, 0.5) is 0 Å². The molecule has 2 atom stereocenters. The van der Waals surface area contributed by atoms with Crippen LogP contribution in [0, 0.1) is 0 Å². The van der Waals surface area contributed by atoms with E-state index < -0.39 is 0 Å². The number of amides is 1. The molecule has 0 aliphatic heterocycles. The molecule has 1 amide bonds. The van der Waals surface area contributed by atoms with Crippen molar-refractivity contribution >= 4 is 5.91 Å². The Morgan fingerprint density at radius 2 is 1.88 bits per heavy atom. The maximum absolute atomic E-state index is 12.3. The lowest BCUT2D eigenvalue weighted by atomic mass is 9.87. The Kier molecular flexibility index (Phi) is 5.65. The van der Waals surface area contributed by atoms with Crippen LogP contribution >= 0.6 is 0 Å². The molecule has 3 heteroatoms. The predicted octanol–water partition coefficient (Wildman–Crippen LogP) is 1.94. The van der Waals surface area contributed by atoms with Gasteiger partial charge < -0.3 is 10.2 Å². The molecule has 0 radical (unpaired) electrons. The van der Waals surface area contributed by atoms with Crippen LogP contribution in [0.2, 0.25) is 0 Å². The summed E-state index contributed by atoms with van der Waals surface area (Å²) in [6.07, 6.45) is 4.44. The summed E-state index contributed by atoms with van der Waals surface area (Å²) in [4.78, 5) is 13.6. The van der Waals surface area contributed by atoms with Crippen LogP contribution in [0.1, 0.15) is 35.6 Å². The molecule has 0 saturated carbocycles. The van der Waals surface area contributed by atoms with Crippen molar-refractivity contribution in [3.63, 3.8) is 0 Å². The monoisotopic (exact) mass is 323 g/mol. The lowest BCUT2D eigenvalue weighted by molar-refractivity contribution is -0.905. The van der Waals surface area contributed by atoms with Crippen molar-refractivity contribution in [3.8, 4) is 0 Å². The van der Waals surface area contributed by atoms with E-state index in [1.165, 1.54) is 40.9 Å². The highest BCUT2D eigenvalue weighted by molar-refractivity contribution is 5.76. The van der Waals surface area contributed by atoms with Gasteiger partial charge in [-0.2, -0.15) is 0 Å². The van der Waals surface area contributed by atoms with Crippen molar-refractivity contribution in [2.24, 2.45) is 0 Å². The van der Waals surface area contributed by atoms with Crippen molar-refractivity contribution < 1.29 is 9.69 Å². The lowest BCUT2D eigenvalue weighted by Gasteiger charge is -2.30. The van der Waals surface area contributed by atoms with E-state index in [0.29, 0.717) is 19.1 Å². The number of carbonyl (C=O) groups excluding carboxylic acids is 1. The first-order valence-electron chi connectivity index (χ1n) is 8.95. The van der Waals surface area contributed by atoms with Crippen LogP contribution in [0.25, 0.3) is 0 Å². The van der Waals surface area contributed by atoms with Gasteiger partial charge in [-0.3, -0.25) is 4.79 Å². The van der Waals surface area contributed by atoms with Crippen molar-refractivity contribution in [2.75, 3.05) is 20.1 Å². The van der Waals surface area contributed by atoms with E-state index in [1.54, 1.807) is 0 Å². The number of benzene rings is 2. The topological polar surface area (TPSA) is 33.5 Å². The number of hydrogen-bond acceptors (Lipinski definition) is 1. The highest BCUT2D eigenvalue weighted by Gasteiger charge is 2.27. The molecule has 0 aromatic heterocycles. The Bertz CT molecular complexity index is 669. The summed E-state index contributed by atoms with van der Waals surface area (Å²) >= 11 is 0. The van der Waals surface area contributed by atoms with Crippen molar-refractivity contribution in [1.29, 1.82) is 0 Å². The highest BCUT2D eigenvalue weighted by Crippen LogP contribution is 2.27. The molecule has 0 heterocycles. The minimum Gasteiger partial charge on any atom is -0.351 e. The molecule has 0 saturated heterocycles. The molecular weight excluding hydrogens is 296 g/mol. The van der Waals surface area contributed by atoms with Crippen LogP contribution in [0.5, 0.6) is 0 Å². The maximum Gasteiger partial charge on any atom is 0.275 e. The molecular formula is C21H27N2O+. The summed E-state index contributed by atoms with van der Waals surface area (Å²) in [7, 11) is 2.14. The quantitative estimate of drug-likeness (QED) is 0.837. The second kappa shape index (κ2) is 8.11. The van der Waals surface area contributed by atoms with Crippen molar-refractivity contribution in [3.05, 3.63) is 71.3 Å². The summed E-state index contributed by atoms with van der Waals surface area (Å²) in [5, 5.41) is 3.07. The third-order valence-corrected chi connectivity index (χ3v) is 4.98. The fourth-order valence-corrected chi connectivity index (χ4v) is 3.70. The Hall–Kier alpha value is -2.13. The molecule has 3 rings (SSSR count). The molecule has 0 spiro atoms. The summed E-state index contributed by atoms with van der Waals surface area (Å²) in [5.74, 6) is 0.145. The summed E-state index contributed by atoms with van der Waals surface area (Å²) < 4.78 is 0. The average molecular weight is 323 g/mol. The molecule has 0 fully saturated rings. The first-order chi connectivity index (χ1) is 11.7. The highest BCUT2D eigenvalue weighted by atomic mass is 16.2. The number of rotatable bonds is 6. The Balaban J connectivity index is 1.50. The molecule has 24 heavy (non-hydrogen) atoms. The van der Waals surface area contributed by atoms with Crippen LogP contribution in [-0.4, -0.2) is 26.0 Å². The summed E-state index contributed by atoms with van der Waals surface area (Å²) in [6, 6.07) is 19.4. The molecule has 2 N–H and O–H groups in total. The third kappa shape index (κ3) is 4.24. The number of quaternary nitrogens is 1. The minimum absolute atomic E-state index is 0.145. The zero-order valence-corrected chi connectivity index (χ0v) is 14.4. The van der Waals surface area contributed by atoms with Gasteiger partial charge in [-0.1, -0.05) is 54.6 Å².